The Balaban J connectivity index is 2.37. The Bertz CT molecular complexity index is 759. The molecule has 2 rings (SSSR count). The Morgan fingerprint density at radius 1 is 0.963 bits per heavy atom. The third-order valence-corrected chi connectivity index (χ3v) is 3.72. The number of halogens is 6. The fraction of sp³-hybridized carbons (Fsp3) is 0.353. The van der Waals surface area contributed by atoms with Gasteiger partial charge in [-0.1, -0.05) is 18.2 Å². The fourth-order valence-electron chi connectivity index (χ4n) is 2.41. The third kappa shape index (κ3) is 5.41. The summed E-state index contributed by atoms with van der Waals surface area (Å²) in [6, 6.07) is 5.92. The van der Waals surface area contributed by atoms with Crippen molar-refractivity contribution in [3.8, 4) is 11.3 Å². The number of aliphatic hydroxyl groups is 1. The van der Waals surface area contributed by atoms with Gasteiger partial charge in [-0.3, -0.25) is 0 Å². The van der Waals surface area contributed by atoms with Crippen LogP contribution in [0.5, 0.6) is 0 Å². The molecule has 0 spiro atoms. The molecule has 0 aliphatic heterocycles. The van der Waals surface area contributed by atoms with Crippen LogP contribution in [0.3, 0.4) is 0 Å². The summed E-state index contributed by atoms with van der Waals surface area (Å²) in [6.07, 6.45) is -10.9. The van der Waals surface area contributed by atoms with Gasteiger partial charge in [-0.2, -0.15) is 26.3 Å². The van der Waals surface area contributed by atoms with E-state index < -0.39 is 35.3 Å². The number of hydrogen-bond donors (Lipinski definition) is 3. The van der Waals surface area contributed by atoms with Crippen molar-refractivity contribution in [1.82, 2.24) is 10.3 Å². The van der Waals surface area contributed by atoms with E-state index >= 15 is 0 Å². The van der Waals surface area contributed by atoms with Gasteiger partial charge in [-0.25, -0.2) is 4.98 Å². The molecule has 0 bridgehead atoms. The lowest BCUT2D eigenvalue weighted by Crippen LogP contribution is -2.28. The molecule has 1 aromatic carbocycles. The van der Waals surface area contributed by atoms with Crippen molar-refractivity contribution in [1.29, 1.82) is 0 Å². The number of nitrogens with zero attached hydrogens (tertiary/aromatic N) is 1. The maximum absolute atomic E-state index is 13.4. The molecule has 148 valence electrons. The van der Waals surface area contributed by atoms with E-state index in [0.717, 1.165) is 30.3 Å². The molecule has 0 fully saturated rings. The first-order chi connectivity index (χ1) is 12.5. The van der Waals surface area contributed by atoms with Crippen LogP contribution in [-0.4, -0.2) is 29.7 Å². The first-order valence-electron chi connectivity index (χ1n) is 7.88. The summed E-state index contributed by atoms with van der Waals surface area (Å²) < 4.78 is 77.9. The Kier molecular flexibility index (Phi) is 6.45. The Morgan fingerprint density at radius 3 is 2.11 bits per heavy atom. The van der Waals surface area contributed by atoms with Crippen LogP contribution in [0.1, 0.15) is 22.9 Å². The minimum atomic E-state index is -4.84. The van der Waals surface area contributed by atoms with Crippen LogP contribution in [0.4, 0.5) is 26.3 Å². The van der Waals surface area contributed by atoms with E-state index in [1.165, 1.54) is 6.07 Å². The quantitative estimate of drug-likeness (QED) is 0.520. The van der Waals surface area contributed by atoms with Gasteiger partial charge in [0.25, 0.3) is 0 Å². The number of aromatic nitrogens is 1. The Hall–Kier alpha value is -2.17. The number of pyridine rings is 1. The normalized spacial score (nSPS) is 13.6. The average Bonchev–Trinajstić information content (AvgIpc) is 2.60. The molecular formula is C17H17F6N3O. The summed E-state index contributed by atoms with van der Waals surface area (Å²) in [7, 11) is 0. The van der Waals surface area contributed by atoms with E-state index in [2.05, 4.69) is 10.3 Å². The predicted octanol–water partition coefficient (Wildman–Crippen LogP) is 3.37. The summed E-state index contributed by atoms with van der Waals surface area (Å²) in [5, 5.41) is 12.7. The molecule has 0 amide bonds. The summed E-state index contributed by atoms with van der Waals surface area (Å²) in [6.45, 7) is 0.418. The van der Waals surface area contributed by atoms with Crippen molar-refractivity contribution < 1.29 is 31.4 Å². The van der Waals surface area contributed by atoms with E-state index in [4.69, 9.17) is 5.73 Å². The van der Waals surface area contributed by atoms with E-state index in [9.17, 15) is 31.4 Å². The van der Waals surface area contributed by atoms with E-state index in [-0.39, 0.29) is 24.3 Å². The van der Waals surface area contributed by atoms with Crippen LogP contribution in [0.15, 0.2) is 36.4 Å². The summed E-state index contributed by atoms with van der Waals surface area (Å²) >= 11 is 0. The van der Waals surface area contributed by atoms with Gasteiger partial charge in [0.15, 0.2) is 5.69 Å². The summed E-state index contributed by atoms with van der Waals surface area (Å²) in [5.74, 6) is 0. The number of benzene rings is 1. The summed E-state index contributed by atoms with van der Waals surface area (Å²) in [4.78, 5) is 3.54. The zero-order valence-electron chi connectivity index (χ0n) is 13.9. The van der Waals surface area contributed by atoms with Crippen molar-refractivity contribution in [2.45, 2.75) is 18.5 Å². The van der Waals surface area contributed by atoms with Gasteiger partial charge in [-0.15, -0.1) is 0 Å². The lowest BCUT2D eigenvalue weighted by atomic mass is 10.0. The molecule has 0 unspecified atom stereocenters. The predicted molar refractivity (Wildman–Crippen MR) is 86.6 cm³/mol. The second-order valence-electron chi connectivity index (χ2n) is 5.72. The van der Waals surface area contributed by atoms with Crippen LogP contribution in [-0.2, 0) is 12.4 Å². The Labute approximate surface area is 151 Å². The van der Waals surface area contributed by atoms with E-state index in [1.54, 1.807) is 0 Å². The van der Waals surface area contributed by atoms with Crippen molar-refractivity contribution in [3.63, 3.8) is 0 Å². The highest BCUT2D eigenvalue weighted by atomic mass is 19.4. The molecule has 0 radical (unpaired) electrons. The number of hydrogen-bond acceptors (Lipinski definition) is 4. The van der Waals surface area contributed by atoms with Gasteiger partial charge < -0.3 is 16.2 Å². The zero-order chi connectivity index (χ0) is 20.2. The van der Waals surface area contributed by atoms with Crippen molar-refractivity contribution >= 4 is 0 Å². The first kappa shape index (κ1) is 21.1. The largest absolute Gasteiger partial charge is 0.433 e. The van der Waals surface area contributed by atoms with Crippen LogP contribution in [0, 0.1) is 0 Å². The van der Waals surface area contributed by atoms with Crippen LogP contribution in [0.2, 0.25) is 0 Å². The number of nitrogens with two attached hydrogens (primary N) is 1. The average molecular weight is 393 g/mol. The molecule has 4 N–H and O–H groups in total. The lowest BCUT2D eigenvalue weighted by Gasteiger charge is -2.18. The maximum atomic E-state index is 13.4. The molecule has 1 heterocycles. The van der Waals surface area contributed by atoms with Gasteiger partial charge >= 0.3 is 12.4 Å². The standard InChI is InChI=1S/C17H17F6N3O/c18-16(19,20)11-3-1-10(2-4-11)13-6-5-12(14(27)9-25-8-7-24)15(26-13)17(21,22)23/h1-6,14,25,27H,7-9,24H2/t14-/m1/s1. The number of alkyl halides is 6. The fourth-order valence-corrected chi connectivity index (χ4v) is 2.41. The number of rotatable bonds is 6. The van der Waals surface area contributed by atoms with Gasteiger partial charge in [0.05, 0.1) is 17.4 Å². The lowest BCUT2D eigenvalue weighted by molar-refractivity contribution is -0.142. The molecule has 1 aromatic heterocycles. The third-order valence-electron chi connectivity index (χ3n) is 3.72. The van der Waals surface area contributed by atoms with Crippen molar-refractivity contribution in [2.24, 2.45) is 5.73 Å². The van der Waals surface area contributed by atoms with Crippen molar-refractivity contribution in [3.05, 3.63) is 53.2 Å². The van der Waals surface area contributed by atoms with Gasteiger partial charge in [-0.05, 0) is 18.2 Å². The zero-order valence-corrected chi connectivity index (χ0v) is 13.9. The van der Waals surface area contributed by atoms with Crippen molar-refractivity contribution in [2.75, 3.05) is 19.6 Å². The molecule has 0 saturated heterocycles. The highest BCUT2D eigenvalue weighted by Gasteiger charge is 2.37. The topological polar surface area (TPSA) is 71.2 Å². The second kappa shape index (κ2) is 8.24. The molecule has 10 heteroatoms. The van der Waals surface area contributed by atoms with E-state index in [1.807, 2.05) is 0 Å². The highest BCUT2D eigenvalue weighted by Crippen LogP contribution is 2.35. The molecular weight excluding hydrogens is 376 g/mol. The number of aliphatic hydroxyl groups excluding tert-OH is 1. The number of nitrogens with one attached hydrogen (secondary N) is 1. The molecule has 0 saturated carbocycles. The summed E-state index contributed by atoms with van der Waals surface area (Å²) in [5.41, 5.74) is 2.58. The Morgan fingerprint density at radius 2 is 1.59 bits per heavy atom. The maximum Gasteiger partial charge on any atom is 0.433 e. The SMILES string of the molecule is NCCNC[C@@H](O)c1ccc(-c2ccc(C(F)(F)F)cc2)nc1C(F)(F)F. The van der Waals surface area contributed by atoms with Crippen LogP contribution >= 0.6 is 0 Å². The smallest absolute Gasteiger partial charge is 0.387 e. The second-order valence-corrected chi connectivity index (χ2v) is 5.72. The molecule has 4 nitrogen and oxygen atoms in total. The van der Waals surface area contributed by atoms with E-state index in [0.29, 0.717) is 6.54 Å². The van der Waals surface area contributed by atoms with Gasteiger partial charge in [0.1, 0.15) is 0 Å². The molecule has 1 atom stereocenters. The van der Waals surface area contributed by atoms with Crippen LogP contribution in [0.25, 0.3) is 11.3 Å². The minimum Gasteiger partial charge on any atom is -0.387 e. The molecule has 27 heavy (non-hydrogen) atoms. The highest BCUT2D eigenvalue weighted by molar-refractivity contribution is 5.60. The first-order valence-corrected chi connectivity index (χ1v) is 7.88. The van der Waals surface area contributed by atoms with Gasteiger partial charge in [0, 0.05) is 30.8 Å². The minimum absolute atomic E-state index is 0.0933. The monoisotopic (exact) mass is 393 g/mol. The van der Waals surface area contributed by atoms with Crippen LogP contribution < -0.4 is 11.1 Å². The molecule has 0 aliphatic carbocycles. The molecule has 0 aliphatic rings. The van der Waals surface area contributed by atoms with Gasteiger partial charge in [0.2, 0.25) is 0 Å². The molecule has 2 aromatic rings.